The van der Waals surface area contributed by atoms with Crippen LogP contribution in [0.4, 0.5) is 5.69 Å². The molecule has 1 amide bonds. The summed E-state index contributed by atoms with van der Waals surface area (Å²) in [6, 6.07) is 14.4. The van der Waals surface area contributed by atoms with Crippen molar-refractivity contribution in [3.8, 4) is 11.6 Å². The molecule has 0 saturated carbocycles. The van der Waals surface area contributed by atoms with Crippen LogP contribution in [0.1, 0.15) is 15.9 Å². The largest absolute Gasteiger partial charge is 0.437 e. The minimum atomic E-state index is -0.199. The van der Waals surface area contributed by atoms with Crippen molar-refractivity contribution in [2.24, 2.45) is 0 Å². The number of nitrogens with zero attached hydrogens (tertiary/aromatic N) is 2. The Morgan fingerprint density at radius 2 is 2.00 bits per heavy atom. The average molecular weight is 335 g/mol. The third kappa shape index (κ3) is 4.62. The number of nitrogens with one attached hydrogen (secondary N) is 1. The molecule has 0 unspecified atom stereocenters. The van der Waals surface area contributed by atoms with Gasteiger partial charge in [-0.25, -0.2) is 4.98 Å². The van der Waals surface area contributed by atoms with Crippen LogP contribution in [0.3, 0.4) is 0 Å². The molecule has 3 aromatic rings. The highest BCUT2D eigenvalue weighted by Crippen LogP contribution is 2.22. The summed E-state index contributed by atoms with van der Waals surface area (Å²) >= 11 is 0. The Kier molecular flexibility index (Phi) is 5.33. The summed E-state index contributed by atoms with van der Waals surface area (Å²) in [5, 5.41) is 2.86. The Hall–Kier alpha value is -3.25. The van der Waals surface area contributed by atoms with Gasteiger partial charge in [0.25, 0.3) is 5.91 Å². The number of hydrogen-bond donors (Lipinski definition) is 1. The first kappa shape index (κ1) is 16.6. The Morgan fingerprint density at radius 3 is 2.80 bits per heavy atom. The monoisotopic (exact) mass is 335 g/mol. The summed E-state index contributed by atoms with van der Waals surface area (Å²) < 4.78 is 10.7. The lowest BCUT2D eigenvalue weighted by atomic mass is 10.1. The maximum Gasteiger partial charge on any atom is 0.255 e. The van der Waals surface area contributed by atoms with Crippen molar-refractivity contribution in [2.75, 3.05) is 12.4 Å². The standard InChI is InChI=1S/C19H17N3O3/c1-24-13-14-4-2-5-15(10-14)19(23)22-16-6-3-7-17(11-16)25-18-12-20-8-9-21-18/h2-12H,13H2,1H3,(H,22,23). The van der Waals surface area contributed by atoms with Crippen LogP contribution in [0.2, 0.25) is 0 Å². The summed E-state index contributed by atoms with van der Waals surface area (Å²) in [7, 11) is 1.62. The van der Waals surface area contributed by atoms with Crippen molar-refractivity contribution in [1.29, 1.82) is 0 Å². The zero-order chi connectivity index (χ0) is 17.5. The lowest BCUT2D eigenvalue weighted by molar-refractivity contribution is 0.102. The molecule has 0 saturated heterocycles. The maximum absolute atomic E-state index is 12.4. The van der Waals surface area contributed by atoms with Gasteiger partial charge in [0.15, 0.2) is 0 Å². The van der Waals surface area contributed by atoms with E-state index in [1.54, 1.807) is 55.9 Å². The van der Waals surface area contributed by atoms with Gasteiger partial charge in [0, 0.05) is 36.8 Å². The third-order valence-electron chi connectivity index (χ3n) is 3.35. The number of rotatable bonds is 6. The summed E-state index contributed by atoms with van der Waals surface area (Å²) in [6.07, 6.45) is 4.64. The van der Waals surface area contributed by atoms with Crippen LogP contribution in [0.15, 0.2) is 67.1 Å². The van der Waals surface area contributed by atoms with Crippen LogP contribution in [-0.4, -0.2) is 23.0 Å². The minimum absolute atomic E-state index is 0.199. The molecular formula is C19H17N3O3. The zero-order valence-electron chi connectivity index (χ0n) is 13.7. The highest BCUT2D eigenvalue weighted by molar-refractivity contribution is 6.04. The van der Waals surface area contributed by atoms with E-state index < -0.39 is 0 Å². The van der Waals surface area contributed by atoms with Gasteiger partial charge >= 0.3 is 0 Å². The van der Waals surface area contributed by atoms with Gasteiger partial charge in [-0.15, -0.1) is 0 Å². The zero-order valence-corrected chi connectivity index (χ0v) is 13.7. The van der Waals surface area contributed by atoms with E-state index in [1.165, 1.54) is 6.20 Å². The van der Waals surface area contributed by atoms with Gasteiger partial charge in [-0.3, -0.25) is 9.78 Å². The second-order valence-corrected chi connectivity index (χ2v) is 5.26. The number of amides is 1. The van der Waals surface area contributed by atoms with E-state index in [9.17, 15) is 4.79 Å². The summed E-state index contributed by atoms with van der Waals surface area (Å²) in [6.45, 7) is 0.461. The van der Waals surface area contributed by atoms with Crippen molar-refractivity contribution in [3.05, 3.63) is 78.2 Å². The van der Waals surface area contributed by atoms with Crippen LogP contribution >= 0.6 is 0 Å². The Bertz CT molecular complexity index is 853. The molecule has 1 N–H and O–H groups in total. The Labute approximate surface area is 145 Å². The van der Waals surface area contributed by atoms with E-state index in [0.29, 0.717) is 29.5 Å². The van der Waals surface area contributed by atoms with E-state index >= 15 is 0 Å². The average Bonchev–Trinajstić information content (AvgIpc) is 2.63. The predicted molar refractivity (Wildman–Crippen MR) is 93.7 cm³/mol. The molecule has 2 aromatic carbocycles. The second kappa shape index (κ2) is 8.03. The summed E-state index contributed by atoms with van der Waals surface area (Å²) in [4.78, 5) is 20.4. The summed E-state index contributed by atoms with van der Waals surface area (Å²) in [5.41, 5.74) is 2.13. The topological polar surface area (TPSA) is 73.3 Å². The van der Waals surface area contributed by atoms with Crippen LogP contribution in [0, 0.1) is 0 Å². The van der Waals surface area contributed by atoms with Crippen LogP contribution in [0.25, 0.3) is 0 Å². The van der Waals surface area contributed by atoms with Gasteiger partial charge in [0.1, 0.15) is 5.75 Å². The maximum atomic E-state index is 12.4. The fourth-order valence-corrected chi connectivity index (χ4v) is 2.27. The number of aromatic nitrogens is 2. The lowest BCUT2D eigenvalue weighted by Crippen LogP contribution is -2.12. The predicted octanol–water partition coefficient (Wildman–Crippen LogP) is 3.67. The Balaban J connectivity index is 1.71. The number of carbonyl (C=O) groups excluding carboxylic acids is 1. The van der Waals surface area contributed by atoms with Crippen molar-refractivity contribution >= 4 is 11.6 Å². The van der Waals surface area contributed by atoms with E-state index in [-0.39, 0.29) is 5.91 Å². The fraction of sp³-hybridized carbons (Fsp3) is 0.105. The van der Waals surface area contributed by atoms with Crippen LogP contribution < -0.4 is 10.1 Å². The number of benzene rings is 2. The quantitative estimate of drug-likeness (QED) is 0.744. The second-order valence-electron chi connectivity index (χ2n) is 5.26. The molecule has 6 heteroatoms. The molecule has 1 aromatic heterocycles. The molecule has 0 aliphatic carbocycles. The van der Waals surface area contributed by atoms with E-state index in [0.717, 1.165) is 5.56 Å². The van der Waals surface area contributed by atoms with E-state index in [1.807, 2.05) is 12.1 Å². The number of carbonyl (C=O) groups is 1. The van der Waals surface area contributed by atoms with Crippen molar-refractivity contribution in [3.63, 3.8) is 0 Å². The first-order valence-electron chi connectivity index (χ1n) is 7.68. The van der Waals surface area contributed by atoms with Crippen molar-refractivity contribution in [2.45, 2.75) is 6.61 Å². The molecule has 0 radical (unpaired) electrons. The van der Waals surface area contributed by atoms with Crippen molar-refractivity contribution in [1.82, 2.24) is 9.97 Å². The number of ether oxygens (including phenoxy) is 2. The molecule has 6 nitrogen and oxygen atoms in total. The highest BCUT2D eigenvalue weighted by atomic mass is 16.5. The normalized spacial score (nSPS) is 10.3. The minimum Gasteiger partial charge on any atom is -0.437 e. The van der Waals surface area contributed by atoms with Gasteiger partial charge in [0.2, 0.25) is 5.88 Å². The van der Waals surface area contributed by atoms with E-state index in [4.69, 9.17) is 9.47 Å². The molecule has 0 spiro atoms. The van der Waals surface area contributed by atoms with Crippen LogP contribution in [0.5, 0.6) is 11.6 Å². The van der Waals surface area contributed by atoms with Crippen molar-refractivity contribution < 1.29 is 14.3 Å². The first-order valence-corrected chi connectivity index (χ1v) is 7.68. The molecule has 1 heterocycles. The molecule has 0 atom stereocenters. The van der Waals surface area contributed by atoms with Gasteiger partial charge in [0.05, 0.1) is 12.8 Å². The van der Waals surface area contributed by atoms with Crippen LogP contribution in [-0.2, 0) is 11.3 Å². The molecule has 126 valence electrons. The fourth-order valence-electron chi connectivity index (χ4n) is 2.27. The van der Waals surface area contributed by atoms with Gasteiger partial charge < -0.3 is 14.8 Å². The number of anilines is 1. The number of methoxy groups -OCH3 is 1. The third-order valence-corrected chi connectivity index (χ3v) is 3.35. The smallest absolute Gasteiger partial charge is 0.255 e. The van der Waals surface area contributed by atoms with E-state index in [2.05, 4.69) is 15.3 Å². The molecule has 0 aliphatic heterocycles. The SMILES string of the molecule is COCc1cccc(C(=O)Nc2cccc(Oc3cnccn3)c2)c1. The van der Waals surface area contributed by atoms with Gasteiger partial charge in [-0.05, 0) is 29.8 Å². The summed E-state index contributed by atoms with van der Waals surface area (Å²) in [5.74, 6) is 0.749. The first-order chi connectivity index (χ1) is 12.2. The molecule has 0 bridgehead atoms. The van der Waals surface area contributed by atoms with Gasteiger partial charge in [-0.1, -0.05) is 18.2 Å². The molecular weight excluding hydrogens is 318 g/mol. The molecule has 25 heavy (non-hydrogen) atoms. The molecule has 0 fully saturated rings. The molecule has 0 aliphatic rings. The van der Waals surface area contributed by atoms with Gasteiger partial charge in [-0.2, -0.15) is 0 Å². The molecule has 3 rings (SSSR count). The highest BCUT2D eigenvalue weighted by Gasteiger charge is 2.08. The number of hydrogen-bond acceptors (Lipinski definition) is 5. The Morgan fingerprint density at radius 1 is 1.12 bits per heavy atom. The lowest BCUT2D eigenvalue weighted by Gasteiger charge is -2.09.